The molecule has 0 aromatic heterocycles. The molecule has 1 amide bonds. The Morgan fingerprint density at radius 2 is 2.04 bits per heavy atom. The lowest BCUT2D eigenvalue weighted by atomic mass is 9.79. The summed E-state index contributed by atoms with van der Waals surface area (Å²) >= 11 is 3.68. The van der Waals surface area contributed by atoms with Gasteiger partial charge >= 0.3 is 0 Å². The lowest BCUT2D eigenvalue weighted by Crippen LogP contribution is -2.57. The van der Waals surface area contributed by atoms with Crippen LogP contribution in [0.2, 0.25) is 0 Å². The Kier molecular flexibility index (Phi) is 4.05. The van der Waals surface area contributed by atoms with Crippen molar-refractivity contribution in [3.05, 3.63) is 22.2 Å². The van der Waals surface area contributed by atoms with Crippen LogP contribution in [0.1, 0.15) is 50.0 Å². The molecule has 3 unspecified atom stereocenters. The Balaban J connectivity index is 1.56. The summed E-state index contributed by atoms with van der Waals surface area (Å²) in [5.74, 6) is 2.18. The maximum atomic E-state index is 12.2. The summed E-state index contributed by atoms with van der Waals surface area (Å²) in [6.07, 6.45) is 8.54. The summed E-state index contributed by atoms with van der Waals surface area (Å²) in [5, 5.41) is 0. The van der Waals surface area contributed by atoms with E-state index in [0.29, 0.717) is 17.9 Å². The van der Waals surface area contributed by atoms with Crippen LogP contribution in [0.4, 0.5) is 5.69 Å². The van der Waals surface area contributed by atoms with Crippen molar-refractivity contribution in [3.8, 4) is 5.75 Å². The van der Waals surface area contributed by atoms with Gasteiger partial charge in [-0.25, -0.2) is 0 Å². The van der Waals surface area contributed by atoms with Gasteiger partial charge in [-0.15, -0.1) is 0 Å². The van der Waals surface area contributed by atoms with Gasteiger partial charge in [-0.05, 0) is 75.6 Å². The summed E-state index contributed by atoms with van der Waals surface area (Å²) in [5.41, 5.74) is 2.28. The average Bonchev–Trinajstić information content (AvgIpc) is 2.65. The SMILES string of the molecule is O=CN(c1cc(Br)cc2c1OC1CCCC2C1)C1CN2CCC1CC2. The highest BCUT2D eigenvalue weighted by molar-refractivity contribution is 9.10. The van der Waals surface area contributed by atoms with Crippen molar-refractivity contribution < 1.29 is 9.53 Å². The minimum Gasteiger partial charge on any atom is -0.488 e. The lowest BCUT2D eigenvalue weighted by molar-refractivity contribution is -0.108. The Morgan fingerprint density at radius 3 is 2.76 bits per heavy atom. The normalized spacial score (nSPS) is 35.6. The molecule has 4 nitrogen and oxygen atoms in total. The molecule has 4 fully saturated rings. The van der Waals surface area contributed by atoms with E-state index < -0.39 is 0 Å². The van der Waals surface area contributed by atoms with Crippen LogP contribution in [0.15, 0.2) is 16.6 Å². The van der Waals surface area contributed by atoms with Crippen molar-refractivity contribution >= 4 is 28.0 Å². The zero-order chi connectivity index (χ0) is 17.0. The smallest absolute Gasteiger partial charge is 0.214 e. The van der Waals surface area contributed by atoms with Gasteiger partial charge in [0.1, 0.15) is 5.75 Å². The van der Waals surface area contributed by atoms with Gasteiger partial charge in [0.2, 0.25) is 6.41 Å². The summed E-state index contributed by atoms with van der Waals surface area (Å²) in [4.78, 5) is 16.6. The van der Waals surface area contributed by atoms with Crippen molar-refractivity contribution in [1.29, 1.82) is 0 Å². The standard InChI is InChI=1S/C20H25BrN2O2/c21-15-9-17-14-2-1-3-16(8-14)25-20(17)18(10-15)23(12-24)19-11-22-6-4-13(19)5-7-22/h9-10,12-14,16,19H,1-8,11H2. The van der Waals surface area contributed by atoms with Gasteiger partial charge in [-0.3, -0.25) is 4.79 Å². The molecule has 25 heavy (non-hydrogen) atoms. The molecule has 4 bridgehead atoms. The van der Waals surface area contributed by atoms with Gasteiger partial charge in [-0.2, -0.15) is 0 Å². The Hall–Kier alpha value is -1.07. The minimum atomic E-state index is 0.281. The molecule has 1 saturated carbocycles. The quantitative estimate of drug-likeness (QED) is 0.715. The van der Waals surface area contributed by atoms with E-state index in [1.807, 2.05) is 4.90 Å². The van der Waals surface area contributed by atoms with Gasteiger partial charge in [0.05, 0.1) is 17.8 Å². The number of hydrogen-bond donors (Lipinski definition) is 0. The molecule has 0 radical (unpaired) electrons. The molecule has 4 aliphatic heterocycles. The lowest BCUT2D eigenvalue weighted by Gasteiger charge is -2.48. The highest BCUT2D eigenvalue weighted by atomic mass is 79.9. The summed E-state index contributed by atoms with van der Waals surface area (Å²) < 4.78 is 7.47. The molecule has 1 aromatic carbocycles. The van der Waals surface area contributed by atoms with E-state index in [9.17, 15) is 4.79 Å². The van der Waals surface area contributed by atoms with Crippen LogP contribution in [0.25, 0.3) is 0 Å². The molecule has 0 N–H and O–H groups in total. The molecule has 5 heteroatoms. The van der Waals surface area contributed by atoms with Crippen LogP contribution in [-0.4, -0.2) is 43.1 Å². The van der Waals surface area contributed by atoms with Gasteiger partial charge in [0, 0.05) is 16.6 Å². The highest BCUT2D eigenvalue weighted by Crippen LogP contribution is 2.50. The van der Waals surface area contributed by atoms with Crippen LogP contribution in [-0.2, 0) is 4.79 Å². The van der Waals surface area contributed by atoms with E-state index in [4.69, 9.17) is 4.74 Å². The number of amides is 1. The van der Waals surface area contributed by atoms with Crippen molar-refractivity contribution in [3.63, 3.8) is 0 Å². The zero-order valence-electron chi connectivity index (χ0n) is 14.5. The topological polar surface area (TPSA) is 32.8 Å². The largest absolute Gasteiger partial charge is 0.488 e. The minimum absolute atomic E-state index is 0.281. The van der Waals surface area contributed by atoms with Gasteiger partial charge in [-0.1, -0.05) is 15.9 Å². The van der Waals surface area contributed by atoms with Crippen molar-refractivity contribution in [2.75, 3.05) is 24.5 Å². The number of anilines is 1. The van der Waals surface area contributed by atoms with Crippen molar-refractivity contribution in [2.24, 2.45) is 5.92 Å². The molecular formula is C20H25BrN2O2. The number of carbonyl (C=O) groups is 1. The zero-order valence-corrected chi connectivity index (χ0v) is 16.1. The number of fused-ring (bicyclic) bond motifs is 7. The number of ether oxygens (including phenoxy) is 1. The fourth-order valence-corrected chi connectivity index (χ4v) is 5.95. The Morgan fingerprint density at radius 1 is 1.20 bits per heavy atom. The molecule has 1 aliphatic carbocycles. The maximum absolute atomic E-state index is 12.2. The Labute approximate surface area is 157 Å². The maximum Gasteiger partial charge on any atom is 0.214 e. The van der Waals surface area contributed by atoms with E-state index in [-0.39, 0.29) is 6.04 Å². The number of carbonyl (C=O) groups excluding carboxylic acids is 1. The monoisotopic (exact) mass is 404 g/mol. The molecule has 4 heterocycles. The fourth-order valence-electron chi connectivity index (χ4n) is 5.49. The number of benzene rings is 1. The van der Waals surface area contributed by atoms with Crippen LogP contribution in [0, 0.1) is 5.92 Å². The Bertz CT molecular complexity index is 687. The summed E-state index contributed by atoms with van der Waals surface area (Å²) in [6.45, 7) is 3.37. The van der Waals surface area contributed by atoms with E-state index in [1.54, 1.807) is 0 Å². The predicted octanol–water partition coefficient (Wildman–Crippen LogP) is 3.92. The van der Waals surface area contributed by atoms with Crippen LogP contribution in [0.3, 0.4) is 0 Å². The van der Waals surface area contributed by atoms with Gasteiger partial charge in [0.15, 0.2) is 0 Å². The van der Waals surface area contributed by atoms with Gasteiger partial charge < -0.3 is 14.5 Å². The molecule has 3 atom stereocenters. The summed E-state index contributed by atoms with van der Waals surface area (Å²) in [6, 6.07) is 4.58. The first-order valence-corrected chi connectivity index (χ1v) is 10.5. The van der Waals surface area contributed by atoms with Crippen molar-refractivity contribution in [2.45, 2.75) is 56.6 Å². The second-order valence-electron chi connectivity index (χ2n) is 8.16. The summed E-state index contributed by atoms with van der Waals surface area (Å²) in [7, 11) is 0. The predicted molar refractivity (Wildman–Crippen MR) is 101 cm³/mol. The average molecular weight is 405 g/mol. The van der Waals surface area contributed by atoms with Crippen LogP contribution in [0.5, 0.6) is 5.75 Å². The molecule has 5 aliphatic rings. The van der Waals surface area contributed by atoms with Gasteiger partial charge in [0.25, 0.3) is 0 Å². The first kappa shape index (κ1) is 16.1. The fraction of sp³-hybridized carbons (Fsp3) is 0.650. The van der Waals surface area contributed by atoms with E-state index in [1.165, 1.54) is 44.3 Å². The molecule has 1 aromatic rings. The number of nitrogens with zero attached hydrogens (tertiary/aromatic N) is 2. The third-order valence-corrected chi connectivity index (χ3v) is 7.24. The van der Waals surface area contributed by atoms with E-state index in [0.717, 1.165) is 41.7 Å². The number of piperidine rings is 3. The number of halogens is 1. The molecule has 6 rings (SSSR count). The van der Waals surface area contributed by atoms with E-state index in [2.05, 4.69) is 33.0 Å². The first-order chi connectivity index (χ1) is 12.2. The first-order valence-electron chi connectivity index (χ1n) is 9.69. The second kappa shape index (κ2) is 6.27. The van der Waals surface area contributed by atoms with Crippen LogP contribution < -0.4 is 9.64 Å². The third-order valence-electron chi connectivity index (χ3n) is 6.78. The van der Waals surface area contributed by atoms with Crippen LogP contribution >= 0.6 is 15.9 Å². The number of rotatable bonds is 3. The molecular weight excluding hydrogens is 380 g/mol. The van der Waals surface area contributed by atoms with E-state index >= 15 is 0 Å². The third kappa shape index (κ3) is 2.71. The second-order valence-corrected chi connectivity index (χ2v) is 9.08. The molecule has 3 saturated heterocycles. The van der Waals surface area contributed by atoms with Crippen molar-refractivity contribution in [1.82, 2.24) is 4.90 Å². The highest BCUT2D eigenvalue weighted by Gasteiger charge is 2.40. The number of hydrogen-bond acceptors (Lipinski definition) is 3. The molecule has 134 valence electrons. The molecule has 0 spiro atoms.